The van der Waals surface area contributed by atoms with E-state index in [0.29, 0.717) is 6.54 Å². The lowest BCUT2D eigenvalue weighted by atomic mass is 9.91. The minimum Gasteiger partial charge on any atom is -0.330 e. The number of nitrogens with two attached hydrogens (primary N) is 1. The minimum atomic E-state index is 0.689. The first kappa shape index (κ1) is 14.9. The van der Waals surface area contributed by atoms with Crippen LogP contribution in [0.15, 0.2) is 35.4 Å². The van der Waals surface area contributed by atoms with Crippen molar-refractivity contribution < 1.29 is 0 Å². The second kappa shape index (κ2) is 6.80. The predicted molar refractivity (Wildman–Crippen MR) is 91.8 cm³/mol. The lowest BCUT2D eigenvalue weighted by Crippen LogP contribution is -2.16. The third kappa shape index (κ3) is 3.58. The van der Waals surface area contributed by atoms with Crippen LogP contribution in [-0.4, -0.2) is 16.8 Å². The standard InChI is InChI=1S/C18H24N2S/c1-13-5-4-7-16(11-13)21-18-15(9-10-19)12-14-6-2-3-8-17(14)20-18/h2-3,6,8,12-13,16H,4-5,7,9-11,19H2,1H3. The van der Waals surface area contributed by atoms with Crippen molar-refractivity contribution in [2.75, 3.05) is 6.54 Å². The van der Waals surface area contributed by atoms with E-state index in [4.69, 9.17) is 10.7 Å². The molecule has 0 bridgehead atoms. The number of fused-ring (bicyclic) bond motifs is 1. The number of hydrogen-bond acceptors (Lipinski definition) is 3. The fraction of sp³-hybridized carbons (Fsp3) is 0.500. The van der Waals surface area contributed by atoms with Crippen LogP contribution in [0.2, 0.25) is 0 Å². The molecule has 2 unspecified atom stereocenters. The molecule has 3 rings (SSSR count). The zero-order valence-corrected chi connectivity index (χ0v) is 13.5. The van der Waals surface area contributed by atoms with E-state index in [1.54, 1.807) is 0 Å². The number of hydrogen-bond donors (Lipinski definition) is 1. The van der Waals surface area contributed by atoms with Gasteiger partial charge in [-0.2, -0.15) is 0 Å². The van der Waals surface area contributed by atoms with Gasteiger partial charge in [0.25, 0.3) is 0 Å². The zero-order chi connectivity index (χ0) is 14.7. The van der Waals surface area contributed by atoms with Crippen LogP contribution < -0.4 is 5.73 Å². The van der Waals surface area contributed by atoms with E-state index in [9.17, 15) is 0 Å². The summed E-state index contributed by atoms with van der Waals surface area (Å²) in [5.74, 6) is 0.856. The fourth-order valence-electron chi connectivity index (χ4n) is 3.22. The van der Waals surface area contributed by atoms with E-state index in [0.717, 1.165) is 23.1 Å². The Morgan fingerprint density at radius 3 is 2.95 bits per heavy atom. The summed E-state index contributed by atoms with van der Waals surface area (Å²) in [6, 6.07) is 10.7. The molecule has 2 N–H and O–H groups in total. The van der Waals surface area contributed by atoms with Crippen LogP contribution >= 0.6 is 11.8 Å². The summed E-state index contributed by atoms with van der Waals surface area (Å²) in [6.07, 6.45) is 6.31. The van der Waals surface area contributed by atoms with E-state index in [2.05, 4.69) is 37.3 Å². The SMILES string of the molecule is CC1CCCC(Sc2nc3ccccc3cc2CCN)C1. The van der Waals surface area contributed by atoms with E-state index in [1.165, 1.54) is 41.7 Å². The second-order valence-electron chi connectivity index (χ2n) is 6.20. The van der Waals surface area contributed by atoms with Gasteiger partial charge in [0.2, 0.25) is 0 Å². The Morgan fingerprint density at radius 2 is 2.14 bits per heavy atom. The van der Waals surface area contributed by atoms with Gasteiger partial charge in [0.1, 0.15) is 5.03 Å². The molecule has 2 atom stereocenters. The maximum Gasteiger partial charge on any atom is 0.100 e. The van der Waals surface area contributed by atoms with Crippen molar-refractivity contribution in [3.05, 3.63) is 35.9 Å². The number of benzene rings is 1. The fourth-order valence-corrected chi connectivity index (χ4v) is 4.71. The summed E-state index contributed by atoms with van der Waals surface area (Å²) in [5.41, 5.74) is 8.21. The highest BCUT2D eigenvalue weighted by Crippen LogP contribution is 2.37. The number of rotatable bonds is 4. The van der Waals surface area contributed by atoms with E-state index in [1.807, 2.05) is 11.8 Å². The lowest BCUT2D eigenvalue weighted by molar-refractivity contribution is 0.394. The minimum absolute atomic E-state index is 0.689. The molecule has 2 nitrogen and oxygen atoms in total. The third-order valence-electron chi connectivity index (χ3n) is 4.34. The van der Waals surface area contributed by atoms with Crippen LogP contribution in [0.4, 0.5) is 0 Å². The molecule has 3 heteroatoms. The number of thioether (sulfide) groups is 1. The molecule has 0 radical (unpaired) electrons. The molecular weight excluding hydrogens is 276 g/mol. The van der Waals surface area contributed by atoms with E-state index in [-0.39, 0.29) is 0 Å². The number of nitrogens with zero attached hydrogens (tertiary/aromatic N) is 1. The summed E-state index contributed by atoms with van der Waals surface area (Å²) in [5, 5.41) is 3.15. The maximum absolute atomic E-state index is 5.79. The Morgan fingerprint density at radius 1 is 1.29 bits per heavy atom. The molecule has 1 aromatic carbocycles. The molecule has 1 fully saturated rings. The summed E-state index contributed by atoms with van der Waals surface area (Å²) in [4.78, 5) is 4.92. The highest BCUT2D eigenvalue weighted by atomic mass is 32.2. The van der Waals surface area contributed by atoms with Crippen molar-refractivity contribution in [2.45, 2.75) is 49.3 Å². The van der Waals surface area contributed by atoms with Crippen molar-refractivity contribution >= 4 is 22.7 Å². The molecular formula is C18H24N2S. The van der Waals surface area contributed by atoms with Crippen LogP contribution in [0, 0.1) is 5.92 Å². The van der Waals surface area contributed by atoms with Crippen LogP contribution in [0.5, 0.6) is 0 Å². The van der Waals surface area contributed by atoms with Gasteiger partial charge in [0, 0.05) is 10.6 Å². The molecule has 0 amide bonds. The highest BCUT2D eigenvalue weighted by molar-refractivity contribution is 7.99. The summed E-state index contributed by atoms with van der Waals surface area (Å²) in [7, 11) is 0. The molecule has 1 heterocycles. The van der Waals surface area contributed by atoms with Gasteiger partial charge >= 0.3 is 0 Å². The molecule has 1 saturated carbocycles. The molecule has 0 spiro atoms. The Kier molecular flexibility index (Phi) is 4.81. The molecule has 2 aromatic rings. The molecule has 1 aromatic heterocycles. The summed E-state index contributed by atoms with van der Waals surface area (Å²) < 4.78 is 0. The Labute approximate surface area is 131 Å². The number of pyridine rings is 1. The molecule has 0 aliphatic heterocycles. The van der Waals surface area contributed by atoms with Crippen LogP contribution in [0.3, 0.4) is 0 Å². The van der Waals surface area contributed by atoms with Crippen molar-refractivity contribution in [1.82, 2.24) is 4.98 Å². The second-order valence-corrected chi connectivity index (χ2v) is 7.48. The first-order valence-corrected chi connectivity index (χ1v) is 8.89. The average molecular weight is 300 g/mol. The van der Waals surface area contributed by atoms with Gasteiger partial charge < -0.3 is 5.73 Å². The number of aromatic nitrogens is 1. The molecule has 0 saturated heterocycles. The van der Waals surface area contributed by atoms with Crippen molar-refractivity contribution in [2.24, 2.45) is 11.7 Å². The monoisotopic (exact) mass is 300 g/mol. The van der Waals surface area contributed by atoms with Gasteiger partial charge in [-0.1, -0.05) is 38.0 Å². The van der Waals surface area contributed by atoms with Crippen molar-refractivity contribution in [1.29, 1.82) is 0 Å². The first-order valence-electron chi connectivity index (χ1n) is 8.01. The third-order valence-corrected chi connectivity index (χ3v) is 5.68. The topological polar surface area (TPSA) is 38.9 Å². The molecule has 1 aliphatic rings. The van der Waals surface area contributed by atoms with Gasteiger partial charge in [-0.25, -0.2) is 4.98 Å². The van der Waals surface area contributed by atoms with Crippen LogP contribution in [0.25, 0.3) is 10.9 Å². The Bertz CT molecular complexity index is 611. The summed E-state index contributed by atoms with van der Waals surface area (Å²) in [6.45, 7) is 3.07. The summed E-state index contributed by atoms with van der Waals surface area (Å²) >= 11 is 1.98. The van der Waals surface area contributed by atoms with Crippen molar-refractivity contribution in [3.63, 3.8) is 0 Å². The highest BCUT2D eigenvalue weighted by Gasteiger charge is 2.21. The van der Waals surface area contributed by atoms with E-state index >= 15 is 0 Å². The Hall–Kier alpha value is -1.06. The smallest absolute Gasteiger partial charge is 0.100 e. The zero-order valence-electron chi connectivity index (χ0n) is 12.7. The van der Waals surface area contributed by atoms with Gasteiger partial charge in [-0.15, -0.1) is 11.8 Å². The molecule has 112 valence electrons. The van der Waals surface area contributed by atoms with Gasteiger partial charge in [0.15, 0.2) is 0 Å². The first-order chi connectivity index (χ1) is 10.3. The van der Waals surface area contributed by atoms with E-state index < -0.39 is 0 Å². The lowest BCUT2D eigenvalue weighted by Gasteiger charge is -2.26. The number of para-hydroxylation sites is 1. The Balaban J connectivity index is 1.89. The van der Waals surface area contributed by atoms with Gasteiger partial charge in [0.05, 0.1) is 5.52 Å². The van der Waals surface area contributed by atoms with Gasteiger partial charge in [-0.3, -0.25) is 0 Å². The largest absolute Gasteiger partial charge is 0.330 e. The molecule has 21 heavy (non-hydrogen) atoms. The molecule has 1 aliphatic carbocycles. The average Bonchev–Trinajstić information content (AvgIpc) is 2.48. The normalized spacial score (nSPS) is 22.6. The van der Waals surface area contributed by atoms with Crippen LogP contribution in [0.1, 0.15) is 38.2 Å². The van der Waals surface area contributed by atoms with Gasteiger partial charge in [-0.05, 0) is 49.4 Å². The van der Waals surface area contributed by atoms with Crippen LogP contribution in [-0.2, 0) is 6.42 Å². The van der Waals surface area contributed by atoms with Crippen molar-refractivity contribution in [3.8, 4) is 0 Å². The maximum atomic E-state index is 5.79. The quantitative estimate of drug-likeness (QED) is 0.909. The predicted octanol–water partition coefficient (Wildman–Crippen LogP) is 4.41.